The molecule has 0 aromatic heterocycles. The van der Waals surface area contributed by atoms with E-state index in [1.807, 2.05) is 6.92 Å². The molecule has 1 fully saturated rings. The normalized spacial score (nSPS) is 16.6. The molecular formula is C16H20ClF2N3O2. The molecule has 1 heterocycles. The van der Waals surface area contributed by atoms with Gasteiger partial charge in [0.15, 0.2) is 0 Å². The van der Waals surface area contributed by atoms with Crippen LogP contribution >= 0.6 is 11.6 Å². The molecule has 0 atom stereocenters. The SMILES string of the molecule is CCCNC(=O)c1cc(NC(=O)N2CCC(F)(F)CC2)ccc1Cl. The minimum absolute atomic E-state index is 0.00370. The van der Waals surface area contributed by atoms with Gasteiger partial charge in [0.05, 0.1) is 10.6 Å². The summed E-state index contributed by atoms with van der Waals surface area (Å²) in [6.07, 6.45) is 0.108. The fourth-order valence-corrected chi connectivity index (χ4v) is 2.55. The van der Waals surface area contributed by atoms with Crippen molar-refractivity contribution >= 4 is 29.2 Å². The number of halogens is 3. The van der Waals surface area contributed by atoms with Crippen LogP contribution in [0.4, 0.5) is 19.3 Å². The lowest BCUT2D eigenvalue weighted by atomic mass is 10.1. The van der Waals surface area contributed by atoms with Gasteiger partial charge >= 0.3 is 6.03 Å². The van der Waals surface area contributed by atoms with Crippen molar-refractivity contribution in [2.24, 2.45) is 0 Å². The van der Waals surface area contributed by atoms with Crippen LogP contribution in [0.1, 0.15) is 36.5 Å². The highest BCUT2D eigenvalue weighted by Gasteiger charge is 2.35. The molecule has 2 N–H and O–H groups in total. The number of piperidine rings is 1. The zero-order valence-corrected chi connectivity index (χ0v) is 14.1. The van der Waals surface area contributed by atoms with Crippen LogP contribution in [0.5, 0.6) is 0 Å². The van der Waals surface area contributed by atoms with Gasteiger partial charge in [-0.25, -0.2) is 13.6 Å². The summed E-state index contributed by atoms with van der Waals surface area (Å²) in [4.78, 5) is 25.5. The van der Waals surface area contributed by atoms with Gasteiger partial charge in [0.2, 0.25) is 0 Å². The molecule has 8 heteroatoms. The average molecular weight is 360 g/mol. The Balaban J connectivity index is 2.02. The Morgan fingerprint density at radius 3 is 2.58 bits per heavy atom. The molecule has 0 spiro atoms. The highest BCUT2D eigenvalue weighted by atomic mass is 35.5. The molecule has 0 bridgehead atoms. The molecule has 2 rings (SSSR count). The van der Waals surface area contributed by atoms with Gasteiger partial charge < -0.3 is 15.5 Å². The van der Waals surface area contributed by atoms with Gasteiger partial charge in [0.1, 0.15) is 0 Å². The van der Waals surface area contributed by atoms with Crippen molar-refractivity contribution in [2.45, 2.75) is 32.1 Å². The summed E-state index contributed by atoms with van der Waals surface area (Å²) in [7, 11) is 0. The van der Waals surface area contributed by atoms with Crippen LogP contribution in [0.15, 0.2) is 18.2 Å². The van der Waals surface area contributed by atoms with Crippen molar-refractivity contribution in [3.63, 3.8) is 0 Å². The van der Waals surface area contributed by atoms with Gasteiger partial charge in [-0.15, -0.1) is 0 Å². The largest absolute Gasteiger partial charge is 0.352 e. The maximum atomic E-state index is 13.1. The van der Waals surface area contributed by atoms with Crippen LogP contribution in [0, 0.1) is 0 Å². The van der Waals surface area contributed by atoms with E-state index in [9.17, 15) is 18.4 Å². The molecule has 1 aliphatic rings. The molecule has 0 aliphatic carbocycles. The lowest BCUT2D eigenvalue weighted by molar-refractivity contribution is -0.0461. The number of benzene rings is 1. The highest BCUT2D eigenvalue weighted by molar-refractivity contribution is 6.34. The molecule has 1 saturated heterocycles. The number of nitrogens with zero attached hydrogens (tertiary/aromatic N) is 1. The van der Waals surface area contributed by atoms with Crippen molar-refractivity contribution in [3.8, 4) is 0 Å². The lowest BCUT2D eigenvalue weighted by Gasteiger charge is -2.31. The number of carbonyl (C=O) groups excluding carboxylic acids is 2. The second-order valence-electron chi connectivity index (χ2n) is 5.72. The Morgan fingerprint density at radius 2 is 1.96 bits per heavy atom. The van der Waals surface area contributed by atoms with E-state index in [-0.39, 0.29) is 42.4 Å². The van der Waals surface area contributed by atoms with E-state index in [2.05, 4.69) is 10.6 Å². The van der Waals surface area contributed by atoms with Crippen LogP contribution in [0.2, 0.25) is 5.02 Å². The van der Waals surface area contributed by atoms with Crippen molar-refractivity contribution < 1.29 is 18.4 Å². The Bertz CT molecular complexity index is 615. The smallest absolute Gasteiger partial charge is 0.321 e. The zero-order chi connectivity index (χ0) is 17.7. The Morgan fingerprint density at radius 1 is 1.29 bits per heavy atom. The van der Waals surface area contributed by atoms with Crippen LogP contribution in [-0.2, 0) is 0 Å². The summed E-state index contributed by atoms with van der Waals surface area (Å²) in [5.74, 6) is -3.03. The number of alkyl halides is 2. The molecule has 0 saturated carbocycles. The Kier molecular flexibility index (Phi) is 5.99. The van der Waals surface area contributed by atoms with E-state index in [4.69, 9.17) is 11.6 Å². The van der Waals surface area contributed by atoms with E-state index in [1.165, 1.54) is 17.0 Å². The van der Waals surface area contributed by atoms with Crippen LogP contribution < -0.4 is 10.6 Å². The summed E-state index contributed by atoms with van der Waals surface area (Å²) in [5.41, 5.74) is 0.650. The van der Waals surface area contributed by atoms with Crippen LogP contribution in [0.3, 0.4) is 0 Å². The highest BCUT2D eigenvalue weighted by Crippen LogP contribution is 2.28. The summed E-state index contributed by atoms with van der Waals surface area (Å²) in [6.45, 7) is 2.45. The first-order chi connectivity index (χ1) is 11.3. The third kappa shape index (κ3) is 4.80. The molecule has 1 aliphatic heterocycles. The van der Waals surface area contributed by atoms with Gasteiger partial charge in [0.25, 0.3) is 11.8 Å². The number of amides is 3. The number of carbonyl (C=O) groups is 2. The zero-order valence-electron chi connectivity index (χ0n) is 13.4. The number of anilines is 1. The van der Waals surface area contributed by atoms with Crippen LogP contribution in [0.25, 0.3) is 0 Å². The second-order valence-corrected chi connectivity index (χ2v) is 6.13. The molecular weight excluding hydrogens is 340 g/mol. The van der Waals surface area contributed by atoms with Crippen LogP contribution in [-0.4, -0.2) is 42.4 Å². The number of hydrogen-bond donors (Lipinski definition) is 2. The van der Waals surface area contributed by atoms with Crippen molar-refractivity contribution in [2.75, 3.05) is 25.0 Å². The molecule has 0 unspecified atom stereocenters. The van der Waals surface area contributed by atoms with Crippen molar-refractivity contribution in [1.82, 2.24) is 10.2 Å². The van der Waals surface area contributed by atoms with Gasteiger partial charge in [-0.2, -0.15) is 0 Å². The molecule has 5 nitrogen and oxygen atoms in total. The minimum Gasteiger partial charge on any atom is -0.352 e. The van der Waals surface area contributed by atoms with Crippen molar-refractivity contribution in [1.29, 1.82) is 0 Å². The molecule has 24 heavy (non-hydrogen) atoms. The number of nitrogens with one attached hydrogen (secondary N) is 2. The summed E-state index contributed by atoms with van der Waals surface area (Å²) < 4.78 is 26.3. The molecule has 1 aromatic carbocycles. The minimum atomic E-state index is -2.71. The molecule has 0 radical (unpaired) electrons. The van der Waals surface area contributed by atoms with E-state index in [0.29, 0.717) is 12.2 Å². The Hall–Kier alpha value is -1.89. The number of hydrogen-bond acceptors (Lipinski definition) is 2. The number of rotatable bonds is 4. The summed E-state index contributed by atoms with van der Waals surface area (Å²) in [6, 6.07) is 4.09. The topological polar surface area (TPSA) is 61.4 Å². The third-order valence-corrected chi connectivity index (χ3v) is 4.11. The maximum Gasteiger partial charge on any atom is 0.321 e. The monoisotopic (exact) mass is 359 g/mol. The number of likely N-dealkylation sites (tertiary alicyclic amines) is 1. The first-order valence-corrected chi connectivity index (χ1v) is 8.22. The van der Waals surface area contributed by atoms with E-state index >= 15 is 0 Å². The van der Waals surface area contributed by atoms with Gasteiger partial charge in [-0.05, 0) is 24.6 Å². The fraction of sp³-hybridized carbons (Fsp3) is 0.500. The summed E-state index contributed by atoms with van der Waals surface area (Å²) in [5, 5.41) is 5.61. The third-order valence-electron chi connectivity index (χ3n) is 3.78. The van der Waals surface area contributed by atoms with E-state index in [0.717, 1.165) is 6.42 Å². The fourth-order valence-electron chi connectivity index (χ4n) is 2.35. The second kappa shape index (κ2) is 7.79. The predicted octanol–water partition coefficient (Wildman–Crippen LogP) is 3.74. The van der Waals surface area contributed by atoms with Gasteiger partial charge in [-0.1, -0.05) is 18.5 Å². The molecule has 1 aromatic rings. The lowest BCUT2D eigenvalue weighted by Crippen LogP contribution is -2.44. The number of urea groups is 1. The predicted molar refractivity (Wildman–Crippen MR) is 88.8 cm³/mol. The Labute approximate surface area is 144 Å². The quantitative estimate of drug-likeness (QED) is 0.860. The average Bonchev–Trinajstić information content (AvgIpc) is 2.54. The van der Waals surface area contributed by atoms with Crippen molar-refractivity contribution in [3.05, 3.63) is 28.8 Å². The summed E-state index contributed by atoms with van der Waals surface area (Å²) >= 11 is 6.02. The molecule has 132 valence electrons. The van der Waals surface area contributed by atoms with E-state index in [1.54, 1.807) is 6.07 Å². The maximum absolute atomic E-state index is 13.1. The first-order valence-electron chi connectivity index (χ1n) is 7.84. The van der Waals surface area contributed by atoms with E-state index < -0.39 is 12.0 Å². The van der Waals surface area contributed by atoms with Gasteiger partial charge in [0, 0.05) is 38.2 Å². The standard InChI is InChI=1S/C16H20ClF2N3O2/c1-2-7-20-14(23)12-10-11(3-4-13(12)17)21-15(24)22-8-5-16(18,19)6-9-22/h3-4,10H,2,5-9H2,1H3,(H,20,23)(H,21,24). The van der Waals surface area contributed by atoms with Gasteiger partial charge in [-0.3, -0.25) is 4.79 Å². The molecule has 3 amide bonds. The first kappa shape index (κ1) is 18.4.